The van der Waals surface area contributed by atoms with Crippen LogP contribution in [-0.4, -0.2) is 72.1 Å². The molecule has 10 nitrogen and oxygen atoms in total. The second-order valence-corrected chi connectivity index (χ2v) is 10.1. The van der Waals surface area contributed by atoms with Crippen molar-refractivity contribution in [1.29, 1.82) is 0 Å². The fraction of sp³-hybridized carbons (Fsp3) is 0.409. The van der Waals surface area contributed by atoms with Crippen molar-refractivity contribution in [3.63, 3.8) is 0 Å². The number of ether oxygens (including phenoxy) is 2. The molecule has 0 N–H and O–H groups in total. The van der Waals surface area contributed by atoms with Crippen molar-refractivity contribution >= 4 is 15.8 Å². The Balaban J connectivity index is 1.27. The average molecular weight is 471 g/mol. The van der Waals surface area contributed by atoms with Crippen molar-refractivity contribution in [1.82, 2.24) is 24.3 Å². The molecule has 1 aromatic carbocycles. The molecule has 2 aliphatic rings. The van der Waals surface area contributed by atoms with Crippen LogP contribution in [-0.2, 0) is 10.0 Å². The van der Waals surface area contributed by atoms with E-state index < -0.39 is 10.0 Å². The summed E-state index contributed by atoms with van der Waals surface area (Å²) >= 11 is 0. The highest BCUT2D eigenvalue weighted by atomic mass is 32.2. The van der Waals surface area contributed by atoms with Gasteiger partial charge in [0.25, 0.3) is 0 Å². The molecule has 0 radical (unpaired) electrons. The molecule has 2 aromatic heterocycles. The van der Waals surface area contributed by atoms with E-state index in [1.54, 1.807) is 22.9 Å². The molecule has 5 rings (SSSR count). The van der Waals surface area contributed by atoms with E-state index in [4.69, 9.17) is 9.47 Å². The molecule has 174 valence electrons. The fourth-order valence-electron chi connectivity index (χ4n) is 4.03. The lowest BCUT2D eigenvalue weighted by Gasteiger charge is -2.34. The summed E-state index contributed by atoms with van der Waals surface area (Å²) in [5, 5.41) is 13.2. The minimum atomic E-state index is -3.63. The molecule has 0 unspecified atom stereocenters. The van der Waals surface area contributed by atoms with Gasteiger partial charge in [-0.1, -0.05) is 0 Å². The Labute approximate surface area is 192 Å². The second kappa shape index (κ2) is 8.31. The van der Waals surface area contributed by atoms with E-state index in [2.05, 4.69) is 15.3 Å². The first kappa shape index (κ1) is 21.7. The lowest BCUT2D eigenvalue weighted by atomic mass is 10.2. The maximum absolute atomic E-state index is 13.2. The lowest BCUT2D eigenvalue weighted by Crippen LogP contribution is -2.49. The number of fused-ring (bicyclic) bond motifs is 1. The second-order valence-electron chi connectivity index (χ2n) is 8.15. The molecule has 0 bridgehead atoms. The van der Waals surface area contributed by atoms with E-state index in [-0.39, 0.29) is 4.90 Å². The molecule has 33 heavy (non-hydrogen) atoms. The third-order valence-electron chi connectivity index (χ3n) is 6.22. The Morgan fingerprint density at radius 1 is 0.848 bits per heavy atom. The van der Waals surface area contributed by atoms with Crippen LogP contribution in [0.25, 0.3) is 5.82 Å². The van der Waals surface area contributed by atoms with Crippen LogP contribution < -0.4 is 14.4 Å². The van der Waals surface area contributed by atoms with Crippen molar-refractivity contribution in [3.05, 3.63) is 47.3 Å². The summed E-state index contributed by atoms with van der Waals surface area (Å²) in [6, 6.07) is 8.55. The number of piperazine rings is 1. The zero-order valence-electron chi connectivity index (χ0n) is 18.9. The lowest BCUT2D eigenvalue weighted by molar-refractivity contribution is 0.171. The fourth-order valence-corrected chi connectivity index (χ4v) is 5.47. The van der Waals surface area contributed by atoms with Crippen LogP contribution in [0.1, 0.15) is 17.0 Å². The summed E-state index contributed by atoms with van der Waals surface area (Å²) in [6.07, 6.45) is 0. The van der Waals surface area contributed by atoms with Gasteiger partial charge in [-0.3, -0.25) is 0 Å². The Kier molecular flexibility index (Phi) is 5.45. The highest BCUT2D eigenvalue weighted by Crippen LogP contribution is 2.33. The number of anilines is 1. The summed E-state index contributed by atoms with van der Waals surface area (Å²) in [4.78, 5) is 2.25. The van der Waals surface area contributed by atoms with Gasteiger partial charge in [-0.2, -0.15) is 9.40 Å². The first-order valence-corrected chi connectivity index (χ1v) is 12.3. The molecular weight excluding hydrogens is 444 g/mol. The molecule has 0 aliphatic carbocycles. The van der Waals surface area contributed by atoms with Gasteiger partial charge in [0.15, 0.2) is 23.1 Å². The third-order valence-corrected chi connectivity index (χ3v) is 8.12. The van der Waals surface area contributed by atoms with Crippen LogP contribution in [0.2, 0.25) is 0 Å². The van der Waals surface area contributed by atoms with Gasteiger partial charge in [-0.15, -0.1) is 10.2 Å². The number of aryl methyl sites for hydroxylation is 1. The predicted molar refractivity (Wildman–Crippen MR) is 122 cm³/mol. The maximum Gasteiger partial charge on any atom is 0.243 e. The SMILES string of the molecule is Cc1nn(-c2ccc(N3CCN(S(=O)(=O)c4ccc5c(c4)OCCO5)CC3)nn2)c(C)c1C. The zero-order valence-corrected chi connectivity index (χ0v) is 19.7. The van der Waals surface area contributed by atoms with Gasteiger partial charge in [0.05, 0.1) is 10.6 Å². The molecule has 0 spiro atoms. The van der Waals surface area contributed by atoms with Gasteiger partial charge in [-0.05, 0) is 50.6 Å². The molecule has 11 heteroatoms. The Hall–Kier alpha value is -3.18. The molecular formula is C22H26N6O4S. The van der Waals surface area contributed by atoms with Crippen LogP contribution >= 0.6 is 0 Å². The molecule has 0 atom stereocenters. The summed E-state index contributed by atoms with van der Waals surface area (Å²) in [6.45, 7) is 8.65. The Morgan fingerprint density at radius 3 is 2.15 bits per heavy atom. The minimum Gasteiger partial charge on any atom is -0.486 e. The summed E-state index contributed by atoms with van der Waals surface area (Å²) < 4.78 is 40.6. The van der Waals surface area contributed by atoms with Crippen LogP contribution in [0.3, 0.4) is 0 Å². The van der Waals surface area contributed by atoms with Crippen LogP contribution in [0.4, 0.5) is 5.82 Å². The van der Waals surface area contributed by atoms with Gasteiger partial charge in [-0.25, -0.2) is 13.1 Å². The zero-order chi connectivity index (χ0) is 23.2. The standard InChI is InChI=1S/C22H26N6O4S/c1-15-16(2)25-28(17(15)3)22-7-6-21(23-24-22)26-8-10-27(11-9-26)33(29,30)18-4-5-19-20(14-18)32-13-12-31-19/h4-7,14H,8-13H2,1-3H3. The van der Waals surface area contributed by atoms with Crippen molar-refractivity contribution < 1.29 is 17.9 Å². The van der Waals surface area contributed by atoms with Crippen LogP contribution in [0, 0.1) is 20.8 Å². The molecule has 4 heterocycles. The third kappa shape index (κ3) is 3.91. The number of hydrogen-bond donors (Lipinski definition) is 0. The van der Waals surface area contributed by atoms with Gasteiger partial charge in [0.2, 0.25) is 10.0 Å². The molecule has 2 aliphatic heterocycles. The Morgan fingerprint density at radius 2 is 1.52 bits per heavy atom. The molecule has 3 aromatic rings. The molecule has 0 amide bonds. The van der Waals surface area contributed by atoms with Crippen molar-refractivity contribution in [2.75, 3.05) is 44.3 Å². The number of benzene rings is 1. The molecule has 1 fully saturated rings. The van der Waals surface area contributed by atoms with E-state index in [0.717, 1.165) is 17.0 Å². The van der Waals surface area contributed by atoms with Crippen molar-refractivity contribution in [2.45, 2.75) is 25.7 Å². The number of rotatable bonds is 4. The van der Waals surface area contributed by atoms with Gasteiger partial charge >= 0.3 is 0 Å². The number of aromatic nitrogens is 4. The van der Waals surface area contributed by atoms with Gasteiger partial charge in [0, 0.05) is 37.9 Å². The first-order valence-electron chi connectivity index (χ1n) is 10.9. The maximum atomic E-state index is 13.2. The highest BCUT2D eigenvalue weighted by Gasteiger charge is 2.30. The quantitative estimate of drug-likeness (QED) is 0.569. The van der Waals surface area contributed by atoms with E-state index in [1.165, 1.54) is 4.31 Å². The predicted octanol–water partition coefficient (Wildman–Crippen LogP) is 1.87. The van der Waals surface area contributed by atoms with E-state index >= 15 is 0 Å². The first-order chi connectivity index (χ1) is 15.8. The van der Waals surface area contributed by atoms with Crippen molar-refractivity contribution in [2.24, 2.45) is 0 Å². The van der Waals surface area contributed by atoms with Crippen LogP contribution in [0.5, 0.6) is 11.5 Å². The Bertz CT molecular complexity index is 1280. The molecule has 1 saturated heterocycles. The summed E-state index contributed by atoms with van der Waals surface area (Å²) in [7, 11) is -3.63. The van der Waals surface area contributed by atoms with Crippen LogP contribution in [0.15, 0.2) is 35.2 Å². The number of sulfonamides is 1. The summed E-state index contributed by atoms with van der Waals surface area (Å²) in [5.41, 5.74) is 3.14. The van der Waals surface area contributed by atoms with E-state index in [9.17, 15) is 8.42 Å². The van der Waals surface area contributed by atoms with Gasteiger partial charge < -0.3 is 14.4 Å². The number of nitrogens with zero attached hydrogens (tertiary/aromatic N) is 6. The van der Waals surface area contributed by atoms with E-state index in [0.29, 0.717) is 62.5 Å². The monoisotopic (exact) mass is 470 g/mol. The summed E-state index contributed by atoms with van der Waals surface area (Å²) in [5.74, 6) is 2.41. The minimum absolute atomic E-state index is 0.213. The van der Waals surface area contributed by atoms with E-state index in [1.807, 2.05) is 37.8 Å². The topological polar surface area (TPSA) is 103 Å². The average Bonchev–Trinajstić information content (AvgIpc) is 3.11. The molecule has 0 saturated carbocycles. The largest absolute Gasteiger partial charge is 0.486 e. The highest BCUT2D eigenvalue weighted by molar-refractivity contribution is 7.89. The normalized spacial score (nSPS) is 16.8. The van der Waals surface area contributed by atoms with Crippen molar-refractivity contribution in [3.8, 4) is 17.3 Å². The van der Waals surface area contributed by atoms with Gasteiger partial charge in [0.1, 0.15) is 13.2 Å². The number of hydrogen-bond acceptors (Lipinski definition) is 8. The smallest absolute Gasteiger partial charge is 0.243 e.